The van der Waals surface area contributed by atoms with Gasteiger partial charge in [0, 0.05) is 23.7 Å². The summed E-state index contributed by atoms with van der Waals surface area (Å²) in [6, 6.07) is 13.3. The lowest BCUT2D eigenvalue weighted by molar-refractivity contribution is 0.265. The number of carbonyl (C=O) groups excluding carboxylic acids is 1. The molecule has 0 bridgehead atoms. The fourth-order valence-corrected chi connectivity index (χ4v) is 3.84. The first kappa shape index (κ1) is 19.8. The molecule has 0 atom stereocenters. The number of amidine groups is 1. The number of aliphatic imine (C=N–C) groups is 1. The SMILES string of the molecule is COc1cc(N=C2NC(=O)S/C2=C\c2ccc3ncccc3c2)cc(OC)c1OC. The van der Waals surface area contributed by atoms with Gasteiger partial charge in [-0.3, -0.25) is 9.78 Å². The van der Waals surface area contributed by atoms with Gasteiger partial charge in [-0.15, -0.1) is 0 Å². The maximum Gasteiger partial charge on any atom is 0.289 e. The molecule has 30 heavy (non-hydrogen) atoms. The second-order valence-corrected chi connectivity index (χ2v) is 7.34. The summed E-state index contributed by atoms with van der Waals surface area (Å²) in [5.41, 5.74) is 2.43. The maximum absolute atomic E-state index is 12.1. The number of nitrogens with one attached hydrogen (secondary N) is 1. The zero-order chi connectivity index (χ0) is 21.1. The first-order valence-electron chi connectivity index (χ1n) is 9.05. The number of nitrogens with zero attached hydrogens (tertiary/aromatic N) is 2. The Morgan fingerprint density at radius 3 is 2.50 bits per heavy atom. The van der Waals surface area contributed by atoms with Crippen molar-refractivity contribution in [3.8, 4) is 17.2 Å². The molecule has 1 aliphatic rings. The van der Waals surface area contributed by atoms with E-state index >= 15 is 0 Å². The Morgan fingerprint density at radius 1 is 1.03 bits per heavy atom. The number of thioether (sulfide) groups is 1. The van der Waals surface area contributed by atoms with E-state index < -0.39 is 0 Å². The molecule has 0 radical (unpaired) electrons. The van der Waals surface area contributed by atoms with Gasteiger partial charge in [-0.2, -0.15) is 0 Å². The first-order valence-corrected chi connectivity index (χ1v) is 9.87. The van der Waals surface area contributed by atoms with Gasteiger partial charge in [-0.25, -0.2) is 4.99 Å². The van der Waals surface area contributed by atoms with Crippen molar-refractivity contribution in [3.63, 3.8) is 0 Å². The number of aromatic nitrogens is 1. The molecule has 8 heteroatoms. The molecular weight excluding hydrogens is 402 g/mol. The third kappa shape index (κ3) is 3.95. The highest BCUT2D eigenvalue weighted by molar-refractivity contribution is 8.18. The third-order valence-corrected chi connectivity index (χ3v) is 5.29. The van der Waals surface area contributed by atoms with E-state index in [1.165, 1.54) is 0 Å². The minimum absolute atomic E-state index is 0.185. The minimum atomic E-state index is -0.185. The molecule has 0 aliphatic carbocycles. The Kier molecular flexibility index (Phi) is 5.58. The summed E-state index contributed by atoms with van der Waals surface area (Å²) in [4.78, 5) is 21.7. The molecule has 1 aliphatic heterocycles. The summed E-state index contributed by atoms with van der Waals surface area (Å²) in [5, 5.41) is 3.63. The molecule has 152 valence electrons. The molecule has 2 aromatic carbocycles. The fourth-order valence-electron chi connectivity index (χ4n) is 3.11. The highest BCUT2D eigenvalue weighted by atomic mass is 32.2. The van der Waals surface area contributed by atoms with E-state index in [9.17, 15) is 4.79 Å². The van der Waals surface area contributed by atoms with Crippen LogP contribution in [0.3, 0.4) is 0 Å². The molecule has 0 unspecified atom stereocenters. The van der Waals surface area contributed by atoms with Gasteiger partial charge in [0.1, 0.15) is 5.84 Å². The van der Waals surface area contributed by atoms with Crippen LogP contribution in [0.1, 0.15) is 5.56 Å². The molecule has 1 saturated heterocycles. The largest absolute Gasteiger partial charge is 0.493 e. The van der Waals surface area contributed by atoms with Gasteiger partial charge in [-0.05, 0) is 41.6 Å². The van der Waals surface area contributed by atoms with E-state index in [0.717, 1.165) is 33.1 Å². The van der Waals surface area contributed by atoms with Crippen LogP contribution in [0, 0.1) is 0 Å². The number of amides is 1. The number of methoxy groups -OCH3 is 3. The predicted octanol–water partition coefficient (Wildman–Crippen LogP) is 4.79. The van der Waals surface area contributed by atoms with Gasteiger partial charge in [-0.1, -0.05) is 12.1 Å². The van der Waals surface area contributed by atoms with Crippen LogP contribution < -0.4 is 19.5 Å². The van der Waals surface area contributed by atoms with Crippen LogP contribution in [0.15, 0.2) is 58.6 Å². The van der Waals surface area contributed by atoms with Crippen LogP contribution in [0.5, 0.6) is 17.2 Å². The van der Waals surface area contributed by atoms with Crippen LogP contribution in [0.25, 0.3) is 17.0 Å². The maximum atomic E-state index is 12.1. The van der Waals surface area contributed by atoms with E-state index in [1.807, 2.05) is 36.4 Å². The van der Waals surface area contributed by atoms with Crippen molar-refractivity contribution in [1.82, 2.24) is 10.3 Å². The van der Waals surface area contributed by atoms with Crippen LogP contribution in [0.4, 0.5) is 10.5 Å². The molecule has 1 aromatic heterocycles. The van der Waals surface area contributed by atoms with Gasteiger partial charge < -0.3 is 19.5 Å². The standard InChI is InChI=1S/C22H19N3O4S/c1-27-17-11-15(12-18(28-2)20(17)29-3)24-21-19(30-22(26)25-21)10-13-6-7-16-14(9-13)5-4-8-23-16/h4-12H,1-3H3,(H,24,25,26)/b19-10-. The summed E-state index contributed by atoms with van der Waals surface area (Å²) >= 11 is 1.10. The monoisotopic (exact) mass is 421 g/mol. The lowest BCUT2D eigenvalue weighted by atomic mass is 10.1. The average Bonchev–Trinajstić information content (AvgIpc) is 3.11. The summed E-state index contributed by atoms with van der Waals surface area (Å²) < 4.78 is 16.1. The molecule has 0 saturated carbocycles. The zero-order valence-corrected chi connectivity index (χ0v) is 17.4. The lowest BCUT2D eigenvalue weighted by Gasteiger charge is -2.12. The third-order valence-electron chi connectivity index (χ3n) is 4.47. The van der Waals surface area contributed by atoms with Gasteiger partial charge in [0.15, 0.2) is 11.5 Å². The average molecular weight is 421 g/mol. The minimum Gasteiger partial charge on any atom is -0.493 e. The summed E-state index contributed by atoms with van der Waals surface area (Å²) in [7, 11) is 4.63. The van der Waals surface area contributed by atoms with Crippen molar-refractivity contribution in [2.45, 2.75) is 0 Å². The van der Waals surface area contributed by atoms with Crippen molar-refractivity contribution in [3.05, 3.63) is 59.1 Å². The quantitative estimate of drug-likeness (QED) is 0.638. The number of rotatable bonds is 5. The highest BCUT2D eigenvalue weighted by Crippen LogP contribution is 2.41. The number of pyridine rings is 1. The van der Waals surface area contributed by atoms with Gasteiger partial charge in [0.2, 0.25) is 5.75 Å². The Labute approximate surface area is 177 Å². The van der Waals surface area contributed by atoms with Crippen molar-refractivity contribution < 1.29 is 19.0 Å². The number of hydrogen-bond acceptors (Lipinski definition) is 7. The van der Waals surface area contributed by atoms with Crippen molar-refractivity contribution in [2.75, 3.05) is 21.3 Å². The molecular formula is C22H19N3O4S. The van der Waals surface area contributed by atoms with Crippen molar-refractivity contribution in [2.24, 2.45) is 4.99 Å². The highest BCUT2D eigenvalue weighted by Gasteiger charge is 2.24. The van der Waals surface area contributed by atoms with E-state index in [4.69, 9.17) is 14.2 Å². The zero-order valence-electron chi connectivity index (χ0n) is 16.6. The lowest BCUT2D eigenvalue weighted by Crippen LogP contribution is -2.18. The molecule has 2 heterocycles. The number of hydrogen-bond donors (Lipinski definition) is 1. The smallest absolute Gasteiger partial charge is 0.289 e. The van der Waals surface area contributed by atoms with Gasteiger partial charge in [0.05, 0.1) is 37.4 Å². The van der Waals surface area contributed by atoms with Crippen LogP contribution >= 0.6 is 11.8 Å². The van der Waals surface area contributed by atoms with Gasteiger partial charge in [0.25, 0.3) is 5.24 Å². The molecule has 7 nitrogen and oxygen atoms in total. The number of fused-ring (bicyclic) bond motifs is 1. The number of benzene rings is 2. The van der Waals surface area contributed by atoms with Crippen molar-refractivity contribution >= 4 is 45.5 Å². The fraction of sp³-hybridized carbons (Fsp3) is 0.136. The molecule has 4 rings (SSSR count). The van der Waals surface area contributed by atoms with E-state index in [2.05, 4.69) is 15.3 Å². The van der Waals surface area contributed by atoms with E-state index in [0.29, 0.717) is 28.8 Å². The van der Waals surface area contributed by atoms with Crippen molar-refractivity contribution in [1.29, 1.82) is 0 Å². The Hall–Kier alpha value is -3.52. The van der Waals surface area contributed by atoms with Crippen LogP contribution in [-0.4, -0.2) is 37.4 Å². The number of carbonyl (C=O) groups is 1. The second-order valence-electron chi connectivity index (χ2n) is 6.32. The Balaban J connectivity index is 1.74. The molecule has 1 fully saturated rings. The van der Waals surface area contributed by atoms with Crippen LogP contribution in [-0.2, 0) is 0 Å². The predicted molar refractivity (Wildman–Crippen MR) is 119 cm³/mol. The van der Waals surface area contributed by atoms with E-state index in [-0.39, 0.29) is 5.24 Å². The topological polar surface area (TPSA) is 82.0 Å². The molecule has 1 amide bonds. The van der Waals surface area contributed by atoms with Crippen LogP contribution in [0.2, 0.25) is 0 Å². The van der Waals surface area contributed by atoms with E-state index in [1.54, 1.807) is 39.7 Å². The molecule has 0 spiro atoms. The second kappa shape index (κ2) is 8.46. The molecule has 1 N–H and O–H groups in total. The first-order chi connectivity index (χ1) is 14.6. The Bertz CT molecular complexity index is 1160. The summed E-state index contributed by atoms with van der Waals surface area (Å²) in [6.07, 6.45) is 3.68. The Morgan fingerprint density at radius 2 is 1.80 bits per heavy atom. The number of ether oxygens (including phenoxy) is 3. The normalized spacial score (nSPS) is 16.2. The molecule has 3 aromatic rings. The summed E-state index contributed by atoms with van der Waals surface area (Å²) in [6.45, 7) is 0. The van der Waals surface area contributed by atoms with Gasteiger partial charge >= 0.3 is 0 Å². The summed E-state index contributed by atoms with van der Waals surface area (Å²) in [5.74, 6) is 1.92.